The second kappa shape index (κ2) is 5.82. The fourth-order valence-corrected chi connectivity index (χ4v) is 4.55. The number of nitrogens with zero attached hydrogens (tertiary/aromatic N) is 1. The number of benzene rings is 1. The summed E-state index contributed by atoms with van der Waals surface area (Å²) in [4.78, 5) is 11.1. The number of rotatable bonds is 4. The number of carboxylic acids is 1. The monoisotopic (exact) mass is 333 g/mol. The number of hydrogen-bond donors (Lipinski definition) is 1. The number of hydrogen-bond acceptors (Lipinski definition) is 4. The summed E-state index contributed by atoms with van der Waals surface area (Å²) in [6, 6.07) is 3.61. The molecule has 6 nitrogen and oxygen atoms in total. The second-order valence-corrected chi connectivity index (χ2v) is 7.18. The minimum absolute atomic E-state index is 0.0335. The van der Waals surface area contributed by atoms with Crippen LogP contribution in [0.25, 0.3) is 0 Å². The summed E-state index contributed by atoms with van der Waals surface area (Å²) >= 11 is 5.96. The van der Waals surface area contributed by atoms with Crippen LogP contribution in [0.1, 0.15) is 13.3 Å². The molecular weight excluding hydrogens is 318 g/mol. The maximum atomic E-state index is 12.6. The van der Waals surface area contributed by atoms with Crippen molar-refractivity contribution < 1.29 is 23.1 Å². The molecule has 1 heterocycles. The zero-order valence-electron chi connectivity index (χ0n) is 11.6. The third-order valence-electron chi connectivity index (χ3n) is 3.74. The Morgan fingerprint density at radius 1 is 1.48 bits per heavy atom. The van der Waals surface area contributed by atoms with Gasteiger partial charge in [0.2, 0.25) is 10.0 Å². The van der Waals surface area contributed by atoms with Crippen LogP contribution in [-0.4, -0.2) is 43.5 Å². The normalized spacial score (nSPS) is 23.2. The van der Waals surface area contributed by atoms with E-state index in [9.17, 15) is 13.2 Å². The van der Waals surface area contributed by atoms with Crippen molar-refractivity contribution in [2.75, 3.05) is 13.7 Å². The van der Waals surface area contributed by atoms with Gasteiger partial charge in [0.1, 0.15) is 5.75 Å². The molecule has 2 atom stereocenters. The van der Waals surface area contributed by atoms with Crippen LogP contribution >= 0.6 is 11.6 Å². The average Bonchev–Trinajstić information content (AvgIpc) is 2.81. The Bertz CT molecular complexity index is 661. The Kier molecular flexibility index (Phi) is 4.46. The number of halogens is 1. The predicted octanol–water partition coefficient (Wildman–Crippen LogP) is 1.83. The zero-order chi connectivity index (χ0) is 15.8. The zero-order valence-corrected chi connectivity index (χ0v) is 13.2. The fourth-order valence-electron chi connectivity index (χ4n) is 2.52. The minimum Gasteiger partial charge on any atom is -0.495 e. The first kappa shape index (κ1) is 16.1. The summed E-state index contributed by atoms with van der Waals surface area (Å²) in [6.45, 7) is 1.79. The van der Waals surface area contributed by atoms with Crippen molar-refractivity contribution in [3.63, 3.8) is 0 Å². The van der Waals surface area contributed by atoms with E-state index >= 15 is 0 Å². The molecule has 2 unspecified atom stereocenters. The van der Waals surface area contributed by atoms with Gasteiger partial charge in [0.25, 0.3) is 0 Å². The van der Waals surface area contributed by atoms with E-state index in [0.717, 1.165) is 0 Å². The van der Waals surface area contributed by atoms with Crippen LogP contribution in [0, 0.1) is 5.92 Å². The number of methoxy groups -OCH3 is 1. The van der Waals surface area contributed by atoms with Gasteiger partial charge in [0, 0.05) is 12.6 Å². The molecule has 0 bridgehead atoms. The topological polar surface area (TPSA) is 83.9 Å². The van der Waals surface area contributed by atoms with Gasteiger partial charge >= 0.3 is 5.97 Å². The second-order valence-electron chi connectivity index (χ2n) is 4.89. The molecule has 1 aliphatic rings. The molecule has 1 N–H and O–H groups in total. The predicted molar refractivity (Wildman–Crippen MR) is 77.1 cm³/mol. The largest absolute Gasteiger partial charge is 0.495 e. The summed E-state index contributed by atoms with van der Waals surface area (Å²) in [5.74, 6) is -1.28. The highest BCUT2D eigenvalue weighted by Crippen LogP contribution is 2.33. The molecule has 21 heavy (non-hydrogen) atoms. The lowest BCUT2D eigenvalue weighted by molar-refractivity contribution is -0.142. The molecule has 2 rings (SSSR count). The quantitative estimate of drug-likeness (QED) is 0.908. The molecule has 1 aromatic carbocycles. The SMILES string of the molecule is COc1ccc(S(=O)(=O)N2CCC(C(=O)O)C2C)cc1Cl. The van der Waals surface area contributed by atoms with Crippen LogP contribution in [-0.2, 0) is 14.8 Å². The smallest absolute Gasteiger partial charge is 0.308 e. The lowest BCUT2D eigenvalue weighted by Crippen LogP contribution is -2.37. The van der Waals surface area contributed by atoms with E-state index in [4.69, 9.17) is 21.4 Å². The van der Waals surface area contributed by atoms with Gasteiger partial charge in [0.15, 0.2) is 0 Å². The van der Waals surface area contributed by atoms with E-state index in [1.54, 1.807) is 6.92 Å². The number of aliphatic carboxylic acids is 1. The van der Waals surface area contributed by atoms with Crippen LogP contribution in [0.3, 0.4) is 0 Å². The maximum Gasteiger partial charge on any atom is 0.308 e. The van der Waals surface area contributed by atoms with Gasteiger partial charge in [-0.15, -0.1) is 0 Å². The molecule has 1 saturated heterocycles. The van der Waals surface area contributed by atoms with Gasteiger partial charge in [-0.05, 0) is 31.5 Å². The van der Waals surface area contributed by atoms with Gasteiger partial charge in [-0.2, -0.15) is 4.31 Å². The van der Waals surface area contributed by atoms with Crippen LogP contribution < -0.4 is 4.74 Å². The van der Waals surface area contributed by atoms with Gasteiger partial charge in [-0.1, -0.05) is 11.6 Å². The molecule has 8 heteroatoms. The highest BCUT2D eigenvalue weighted by molar-refractivity contribution is 7.89. The standard InChI is InChI=1S/C13H16ClNO5S/c1-8-10(13(16)17)5-6-15(8)21(18,19)9-3-4-12(20-2)11(14)7-9/h3-4,7-8,10H,5-6H2,1-2H3,(H,16,17). The molecular formula is C13H16ClNO5S. The van der Waals surface area contributed by atoms with Crippen molar-refractivity contribution in [2.24, 2.45) is 5.92 Å². The fraction of sp³-hybridized carbons (Fsp3) is 0.462. The van der Waals surface area contributed by atoms with Gasteiger partial charge in [0.05, 0.1) is 22.9 Å². The third-order valence-corrected chi connectivity index (χ3v) is 6.02. The minimum atomic E-state index is -3.77. The molecule has 1 fully saturated rings. The highest BCUT2D eigenvalue weighted by atomic mass is 35.5. The molecule has 1 aliphatic heterocycles. The van der Waals surface area contributed by atoms with Crippen molar-refractivity contribution >= 4 is 27.6 Å². The molecule has 0 amide bonds. The van der Waals surface area contributed by atoms with Crippen LogP contribution in [0.5, 0.6) is 5.75 Å². The maximum absolute atomic E-state index is 12.6. The first-order valence-electron chi connectivity index (χ1n) is 6.37. The van der Waals surface area contributed by atoms with Crippen LogP contribution in [0.4, 0.5) is 0 Å². The molecule has 0 spiro atoms. The van der Waals surface area contributed by atoms with Crippen molar-refractivity contribution in [1.82, 2.24) is 4.31 Å². The number of carbonyl (C=O) groups is 1. The average molecular weight is 334 g/mol. The highest BCUT2D eigenvalue weighted by Gasteiger charge is 2.42. The first-order valence-corrected chi connectivity index (χ1v) is 8.19. The van der Waals surface area contributed by atoms with E-state index in [0.29, 0.717) is 12.2 Å². The summed E-state index contributed by atoms with van der Waals surface area (Å²) in [7, 11) is -2.33. The van der Waals surface area contributed by atoms with Gasteiger partial charge in [-0.25, -0.2) is 8.42 Å². The Hall–Kier alpha value is -1.31. The van der Waals surface area contributed by atoms with Crippen molar-refractivity contribution in [1.29, 1.82) is 0 Å². The van der Waals surface area contributed by atoms with Crippen LogP contribution in [0.2, 0.25) is 5.02 Å². The first-order chi connectivity index (χ1) is 9.78. The summed E-state index contributed by atoms with van der Waals surface area (Å²) in [6.07, 6.45) is 0.305. The Morgan fingerprint density at radius 2 is 2.14 bits per heavy atom. The van der Waals surface area contributed by atoms with Gasteiger partial charge < -0.3 is 9.84 Å². The third kappa shape index (κ3) is 2.86. The molecule has 0 radical (unpaired) electrons. The summed E-state index contributed by atoms with van der Waals surface area (Å²) in [5.41, 5.74) is 0. The Balaban J connectivity index is 2.35. The van der Waals surface area contributed by atoms with E-state index in [2.05, 4.69) is 0 Å². The van der Waals surface area contributed by atoms with Gasteiger partial charge in [-0.3, -0.25) is 4.79 Å². The molecule has 1 aromatic rings. The van der Waals surface area contributed by atoms with Crippen molar-refractivity contribution in [2.45, 2.75) is 24.3 Å². The van der Waals surface area contributed by atoms with Crippen LogP contribution in [0.15, 0.2) is 23.1 Å². The molecule has 116 valence electrons. The molecule has 0 aliphatic carbocycles. The lowest BCUT2D eigenvalue weighted by atomic mass is 10.0. The Morgan fingerprint density at radius 3 is 2.62 bits per heavy atom. The van der Waals surface area contributed by atoms with E-state index in [1.165, 1.54) is 29.6 Å². The number of sulfonamides is 1. The summed E-state index contributed by atoms with van der Waals surface area (Å²) < 4.78 is 31.4. The van der Waals surface area contributed by atoms with E-state index < -0.39 is 28.0 Å². The molecule has 0 saturated carbocycles. The Labute approximate surface area is 128 Å². The van der Waals surface area contributed by atoms with Crippen molar-refractivity contribution in [3.05, 3.63) is 23.2 Å². The van der Waals surface area contributed by atoms with E-state index in [-0.39, 0.29) is 16.5 Å². The number of ether oxygens (including phenoxy) is 1. The number of carboxylic acid groups (broad SMARTS) is 1. The molecule has 0 aromatic heterocycles. The van der Waals surface area contributed by atoms with E-state index in [1.807, 2.05) is 0 Å². The lowest BCUT2D eigenvalue weighted by Gasteiger charge is -2.23. The summed E-state index contributed by atoms with van der Waals surface area (Å²) in [5, 5.41) is 9.29. The van der Waals surface area contributed by atoms with Crippen molar-refractivity contribution in [3.8, 4) is 5.75 Å².